The summed E-state index contributed by atoms with van der Waals surface area (Å²) in [6, 6.07) is 7.43. The van der Waals surface area contributed by atoms with Crippen LogP contribution in [0, 0.1) is 5.92 Å². The van der Waals surface area contributed by atoms with Crippen LogP contribution in [0.1, 0.15) is 25.7 Å². The van der Waals surface area contributed by atoms with E-state index in [1.165, 1.54) is 12.8 Å². The first kappa shape index (κ1) is 16.1. The number of carbonyl (C=O) groups is 1. The molecule has 0 bridgehead atoms. The number of anilines is 1. The number of ether oxygens (including phenoxy) is 2. The van der Waals surface area contributed by atoms with Crippen LogP contribution in [0.5, 0.6) is 5.75 Å². The maximum absolute atomic E-state index is 12.5. The number of pyridine rings is 1. The van der Waals surface area contributed by atoms with Gasteiger partial charge in [-0.15, -0.1) is 0 Å². The fraction of sp³-hybridized carbons (Fsp3) is 0.474. The molecule has 4 rings (SSSR count). The Hall–Kier alpha value is -2.34. The summed E-state index contributed by atoms with van der Waals surface area (Å²) in [6.45, 7) is 0.724. The first-order valence-corrected chi connectivity index (χ1v) is 8.85. The normalized spacial score (nSPS) is 23.2. The second kappa shape index (κ2) is 6.88. The van der Waals surface area contributed by atoms with E-state index in [1.807, 2.05) is 24.3 Å². The van der Waals surface area contributed by atoms with E-state index < -0.39 is 0 Å². The Bertz CT molecular complexity index is 776. The number of fused-ring (bicyclic) bond motifs is 1. The third-order valence-electron chi connectivity index (χ3n) is 5.00. The third kappa shape index (κ3) is 3.54. The Kier molecular flexibility index (Phi) is 4.44. The van der Waals surface area contributed by atoms with Crippen molar-refractivity contribution in [2.24, 2.45) is 5.92 Å². The number of benzene rings is 1. The molecular weight excluding hydrogens is 318 g/mol. The van der Waals surface area contributed by atoms with E-state index in [-0.39, 0.29) is 12.1 Å². The zero-order valence-electron chi connectivity index (χ0n) is 14.3. The van der Waals surface area contributed by atoms with Crippen molar-refractivity contribution in [3.63, 3.8) is 0 Å². The van der Waals surface area contributed by atoms with Gasteiger partial charge in [0.2, 0.25) is 0 Å². The molecule has 1 saturated heterocycles. The van der Waals surface area contributed by atoms with Gasteiger partial charge >= 0.3 is 6.03 Å². The summed E-state index contributed by atoms with van der Waals surface area (Å²) in [5, 5.41) is 6.91. The SMILES string of the molecule is COc1ccc(NC(=O)N[C@@H]2CCO[C@@H](C3CC3)C2)c2cccnc12. The molecule has 132 valence electrons. The van der Waals surface area contributed by atoms with Gasteiger partial charge in [-0.1, -0.05) is 0 Å². The number of amides is 2. The van der Waals surface area contributed by atoms with Gasteiger partial charge in [-0.05, 0) is 55.9 Å². The van der Waals surface area contributed by atoms with Gasteiger partial charge in [-0.25, -0.2) is 4.79 Å². The molecular formula is C19H23N3O3. The quantitative estimate of drug-likeness (QED) is 0.895. The number of nitrogens with zero attached hydrogens (tertiary/aromatic N) is 1. The van der Waals surface area contributed by atoms with Crippen molar-refractivity contribution in [2.75, 3.05) is 19.0 Å². The highest BCUT2D eigenvalue weighted by molar-refractivity contribution is 6.02. The van der Waals surface area contributed by atoms with Crippen molar-refractivity contribution in [1.29, 1.82) is 0 Å². The largest absolute Gasteiger partial charge is 0.494 e. The highest BCUT2D eigenvalue weighted by Crippen LogP contribution is 2.38. The number of carbonyl (C=O) groups excluding carboxylic acids is 1. The maximum Gasteiger partial charge on any atom is 0.319 e. The zero-order chi connectivity index (χ0) is 17.2. The van der Waals surface area contributed by atoms with Crippen molar-refractivity contribution >= 4 is 22.6 Å². The van der Waals surface area contributed by atoms with Gasteiger partial charge in [0.25, 0.3) is 0 Å². The van der Waals surface area contributed by atoms with E-state index in [9.17, 15) is 4.79 Å². The molecule has 2 N–H and O–H groups in total. The van der Waals surface area contributed by atoms with Gasteiger partial charge in [0.15, 0.2) is 0 Å². The minimum Gasteiger partial charge on any atom is -0.494 e. The maximum atomic E-state index is 12.5. The summed E-state index contributed by atoms with van der Waals surface area (Å²) in [5.74, 6) is 1.39. The van der Waals surface area contributed by atoms with Gasteiger partial charge in [0, 0.05) is 24.2 Å². The van der Waals surface area contributed by atoms with Crippen LogP contribution in [0.2, 0.25) is 0 Å². The average molecular weight is 341 g/mol. The fourth-order valence-electron chi connectivity index (χ4n) is 3.52. The molecule has 6 nitrogen and oxygen atoms in total. The first-order valence-electron chi connectivity index (χ1n) is 8.85. The molecule has 2 amide bonds. The molecule has 2 aliphatic rings. The Balaban J connectivity index is 1.45. The summed E-state index contributed by atoms with van der Waals surface area (Å²) >= 11 is 0. The highest BCUT2D eigenvalue weighted by atomic mass is 16.5. The van der Waals surface area contributed by atoms with Crippen LogP contribution in [0.15, 0.2) is 30.5 Å². The zero-order valence-corrected chi connectivity index (χ0v) is 14.3. The number of nitrogens with one attached hydrogen (secondary N) is 2. The topological polar surface area (TPSA) is 72.5 Å². The summed E-state index contributed by atoms with van der Waals surface area (Å²) in [5.41, 5.74) is 1.47. The lowest BCUT2D eigenvalue weighted by molar-refractivity contribution is -0.00889. The average Bonchev–Trinajstić information content (AvgIpc) is 3.47. The summed E-state index contributed by atoms with van der Waals surface area (Å²) in [4.78, 5) is 16.8. The molecule has 0 spiro atoms. The van der Waals surface area contributed by atoms with Gasteiger partial charge in [0.1, 0.15) is 11.3 Å². The van der Waals surface area contributed by atoms with Crippen molar-refractivity contribution in [1.82, 2.24) is 10.3 Å². The van der Waals surface area contributed by atoms with Gasteiger partial charge in [-0.2, -0.15) is 0 Å². The number of rotatable bonds is 4. The predicted molar refractivity (Wildman–Crippen MR) is 95.9 cm³/mol. The minimum atomic E-state index is -0.184. The second-order valence-corrected chi connectivity index (χ2v) is 6.78. The lowest BCUT2D eigenvalue weighted by atomic mass is 10.0. The molecule has 1 aliphatic carbocycles. The summed E-state index contributed by atoms with van der Waals surface area (Å²) in [6.07, 6.45) is 6.31. The second-order valence-electron chi connectivity index (χ2n) is 6.78. The lowest BCUT2D eigenvalue weighted by Crippen LogP contribution is -2.44. The fourth-order valence-corrected chi connectivity index (χ4v) is 3.52. The van der Waals surface area contributed by atoms with Gasteiger partial charge in [0.05, 0.1) is 18.9 Å². The molecule has 25 heavy (non-hydrogen) atoms. The molecule has 2 aromatic rings. The van der Waals surface area contributed by atoms with Crippen LogP contribution in [0.4, 0.5) is 10.5 Å². The van der Waals surface area contributed by atoms with Crippen LogP contribution in [-0.4, -0.2) is 36.9 Å². The first-order chi connectivity index (χ1) is 12.2. The minimum absolute atomic E-state index is 0.169. The summed E-state index contributed by atoms with van der Waals surface area (Å²) in [7, 11) is 1.62. The van der Waals surface area contributed by atoms with E-state index in [2.05, 4.69) is 15.6 Å². The number of aromatic nitrogens is 1. The number of hydrogen-bond donors (Lipinski definition) is 2. The molecule has 2 fully saturated rings. The number of hydrogen-bond acceptors (Lipinski definition) is 4. The Labute approximate surface area is 146 Å². The van der Waals surface area contributed by atoms with Crippen LogP contribution < -0.4 is 15.4 Å². The Morgan fingerprint density at radius 1 is 1.28 bits per heavy atom. The van der Waals surface area contributed by atoms with E-state index in [1.54, 1.807) is 13.3 Å². The van der Waals surface area contributed by atoms with Crippen LogP contribution in [0.25, 0.3) is 10.9 Å². The monoisotopic (exact) mass is 341 g/mol. The molecule has 2 heterocycles. The van der Waals surface area contributed by atoms with Gasteiger partial charge in [-0.3, -0.25) is 4.98 Å². The molecule has 0 unspecified atom stereocenters. The molecule has 1 saturated carbocycles. The standard InChI is InChI=1S/C19H23N3O3/c1-24-16-7-6-15(14-3-2-9-20-18(14)16)22-19(23)21-13-8-10-25-17(11-13)12-4-5-12/h2-3,6-7,9,12-13,17H,4-5,8,10-11H2,1H3,(H2,21,22,23)/t13-,17-/m1/s1. The van der Waals surface area contributed by atoms with Crippen molar-refractivity contribution < 1.29 is 14.3 Å². The predicted octanol–water partition coefficient (Wildman–Crippen LogP) is 3.32. The summed E-state index contributed by atoms with van der Waals surface area (Å²) < 4.78 is 11.2. The molecule has 1 aromatic heterocycles. The van der Waals surface area contributed by atoms with Crippen molar-refractivity contribution in [3.05, 3.63) is 30.5 Å². The number of urea groups is 1. The van der Waals surface area contributed by atoms with Crippen molar-refractivity contribution in [2.45, 2.75) is 37.8 Å². The molecule has 2 atom stereocenters. The Morgan fingerprint density at radius 3 is 2.96 bits per heavy atom. The van der Waals surface area contributed by atoms with E-state index in [0.29, 0.717) is 17.8 Å². The smallest absolute Gasteiger partial charge is 0.319 e. The third-order valence-corrected chi connectivity index (χ3v) is 5.00. The van der Waals surface area contributed by atoms with Crippen LogP contribution in [0.3, 0.4) is 0 Å². The molecule has 6 heteroatoms. The van der Waals surface area contributed by atoms with E-state index >= 15 is 0 Å². The highest BCUT2D eigenvalue weighted by Gasteiger charge is 2.36. The molecule has 1 aromatic carbocycles. The van der Waals surface area contributed by atoms with Crippen LogP contribution >= 0.6 is 0 Å². The lowest BCUT2D eigenvalue weighted by Gasteiger charge is -2.30. The van der Waals surface area contributed by atoms with Crippen molar-refractivity contribution in [3.8, 4) is 5.75 Å². The van der Waals surface area contributed by atoms with E-state index in [4.69, 9.17) is 9.47 Å². The molecule has 1 aliphatic heterocycles. The molecule has 0 radical (unpaired) electrons. The number of methoxy groups -OCH3 is 1. The Morgan fingerprint density at radius 2 is 2.16 bits per heavy atom. The van der Waals surface area contributed by atoms with Gasteiger partial charge < -0.3 is 20.1 Å². The van der Waals surface area contributed by atoms with E-state index in [0.717, 1.165) is 36.0 Å². The van der Waals surface area contributed by atoms with Crippen LogP contribution in [-0.2, 0) is 4.74 Å².